The molecule has 0 aliphatic heterocycles. The Morgan fingerprint density at radius 1 is 0.917 bits per heavy atom. The third-order valence-electron chi connectivity index (χ3n) is 5.62. The van der Waals surface area contributed by atoms with E-state index in [2.05, 4.69) is 49.7 Å². The number of amides is 1. The molecule has 0 spiro atoms. The lowest BCUT2D eigenvalue weighted by molar-refractivity contribution is -0.114. The van der Waals surface area contributed by atoms with Crippen LogP contribution >= 0.6 is 0 Å². The van der Waals surface area contributed by atoms with Gasteiger partial charge in [0.1, 0.15) is 17.3 Å². The molecule has 10 heteroatoms. The Labute approximate surface area is 207 Å². The summed E-state index contributed by atoms with van der Waals surface area (Å²) in [5.74, 6) is 1.96. The minimum absolute atomic E-state index is 0.169. The number of anilines is 3. The van der Waals surface area contributed by atoms with E-state index in [9.17, 15) is 4.79 Å². The number of aromatic nitrogens is 7. The van der Waals surface area contributed by atoms with E-state index in [1.54, 1.807) is 23.1 Å². The minimum atomic E-state index is -0.169. The van der Waals surface area contributed by atoms with Crippen molar-refractivity contribution in [3.63, 3.8) is 0 Å². The number of hydrogen-bond donors (Lipinski definition) is 2. The first-order chi connectivity index (χ1) is 17.4. The third-order valence-corrected chi connectivity index (χ3v) is 5.62. The summed E-state index contributed by atoms with van der Waals surface area (Å²) in [5, 5.41) is 18.8. The molecule has 0 aromatic carbocycles. The molecule has 0 fully saturated rings. The van der Waals surface area contributed by atoms with Gasteiger partial charge in [-0.05, 0) is 47.9 Å². The van der Waals surface area contributed by atoms with Crippen LogP contribution in [0.1, 0.15) is 32.3 Å². The normalized spacial score (nSPS) is 11.1. The first-order valence-corrected chi connectivity index (χ1v) is 11.5. The van der Waals surface area contributed by atoms with Crippen LogP contribution in [0.2, 0.25) is 0 Å². The molecule has 0 bridgehead atoms. The Balaban J connectivity index is 1.48. The highest BCUT2D eigenvalue weighted by atomic mass is 16.1. The van der Waals surface area contributed by atoms with Crippen LogP contribution in [0, 0.1) is 0 Å². The Kier molecular flexibility index (Phi) is 6.07. The van der Waals surface area contributed by atoms with E-state index >= 15 is 0 Å². The number of rotatable bonds is 6. The van der Waals surface area contributed by atoms with Crippen molar-refractivity contribution >= 4 is 34.4 Å². The second-order valence-electron chi connectivity index (χ2n) is 8.79. The SMILES string of the molecule is CC(=O)Nc1ccc(-c2nn(C)cc2-c2cnc3ccc(Nc4cc(C(C)C)cnn4)nc3c2)cn1. The van der Waals surface area contributed by atoms with Crippen LogP contribution in [0.4, 0.5) is 17.5 Å². The molecule has 5 aromatic heterocycles. The Hall–Kier alpha value is -4.73. The predicted octanol–water partition coefficient (Wildman–Crippen LogP) is 4.71. The van der Waals surface area contributed by atoms with Crippen molar-refractivity contribution in [2.75, 3.05) is 10.6 Å². The van der Waals surface area contributed by atoms with E-state index in [1.165, 1.54) is 6.92 Å². The van der Waals surface area contributed by atoms with Crippen LogP contribution in [0.15, 0.2) is 61.2 Å². The summed E-state index contributed by atoms with van der Waals surface area (Å²) < 4.78 is 1.75. The van der Waals surface area contributed by atoms with Crippen LogP contribution in [0.3, 0.4) is 0 Å². The average Bonchev–Trinajstić information content (AvgIpc) is 3.25. The molecule has 0 saturated heterocycles. The molecule has 2 N–H and O–H groups in total. The number of aryl methyl sites for hydroxylation is 1. The smallest absolute Gasteiger partial charge is 0.222 e. The molecule has 5 aromatic rings. The second kappa shape index (κ2) is 9.49. The summed E-state index contributed by atoms with van der Waals surface area (Å²) in [6.07, 6.45) is 7.22. The lowest BCUT2D eigenvalue weighted by atomic mass is 10.0. The fourth-order valence-corrected chi connectivity index (χ4v) is 3.81. The van der Waals surface area contributed by atoms with Gasteiger partial charge in [0.05, 0.1) is 17.2 Å². The summed E-state index contributed by atoms with van der Waals surface area (Å²) in [7, 11) is 1.87. The Morgan fingerprint density at radius 3 is 2.47 bits per heavy atom. The summed E-state index contributed by atoms with van der Waals surface area (Å²) in [6.45, 7) is 5.68. The zero-order valence-corrected chi connectivity index (χ0v) is 20.4. The lowest BCUT2D eigenvalue weighted by Crippen LogP contribution is -2.07. The first kappa shape index (κ1) is 23.0. The van der Waals surface area contributed by atoms with Gasteiger partial charge in [-0.25, -0.2) is 9.97 Å². The maximum absolute atomic E-state index is 11.3. The fraction of sp³-hybridized carbons (Fsp3) is 0.192. The quantitative estimate of drug-likeness (QED) is 0.359. The van der Waals surface area contributed by atoms with Crippen molar-refractivity contribution in [2.45, 2.75) is 26.7 Å². The van der Waals surface area contributed by atoms with Crippen LogP contribution in [0.25, 0.3) is 33.4 Å². The third kappa shape index (κ3) is 4.88. The second-order valence-corrected chi connectivity index (χ2v) is 8.79. The van der Waals surface area contributed by atoms with Gasteiger partial charge in [-0.15, -0.1) is 5.10 Å². The molecule has 10 nitrogen and oxygen atoms in total. The van der Waals surface area contributed by atoms with Crippen LogP contribution in [-0.4, -0.2) is 40.8 Å². The minimum Gasteiger partial charge on any atom is -0.323 e. The number of nitrogens with one attached hydrogen (secondary N) is 2. The molecule has 5 heterocycles. The van der Waals surface area contributed by atoms with Crippen LogP contribution in [-0.2, 0) is 11.8 Å². The molecule has 1 amide bonds. The van der Waals surface area contributed by atoms with E-state index < -0.39 is 0 Å². The Morgan fingerprint density at radius 2 is 1.72 bits per heavy atom. The maximum atomic E-state index is 11.3. The zero-order chi connectivity index (χ0) is 25.2. The van der Waals surface area contributed by atoms with Gasteiger partial charge >= 0.3 is 0 Å². The molecule has 180 valence electrons. The molecular formula is C26H25N9O. The van der Waals surface area contributed by atoms with Crippen molar-refractivity contribution in [1.29, 1.82) is 0 Å². The van der Waals surface area contributed by atoms with E-state index in [-0.39, 0.29) is 5.91 Å². The molecule has 0 aliphatic carbocycles. The van der Waals surface area contributed by atoms with Gasteiger partial charge in [0.15, 0.2) is 5.82 Å². The highest BCUT2D eigenvalue weighted by Crippen LogP contribution is 2.32. The van der Waals surface area contributed by atoms with Gasteiger partial charge in [0, 0.05) is 49.3 Å². The molecule has 0 atom stereocenters. The van der Waals surface area contributed by atoms with Crippen LogP contribution in [0.5, 0.6) is 0 Å². The monoisotopic (exact) mass is 479 g/mol. The fourth-order valence-electron chi connectivity index (χ4n) is 3.81. The van der Waals surface area contributed by atoms with Crippen LogP contribution < -0.4 is 10.6 Å². The summed E-state index contributed by atoms with van der Waals surface area (Å²) in [5.41, 5.74) is 5.97. The number of carbonyl (C=O) groups is 1. The van der Waals surface area contributed by atoms with Gasteiger partial charge in [0.2, 0.25) is 5.91 Å². The average molecular weight is 480 g/mol. The van der Waals surface area contributed by atoms with Gasteiger partial charge in [0.25, 0.3) is 0 Å². The number of hydrogen-bond acceptors (Lipinski definition) is 8. The van der Waals surface area contributed by atoms with Gasteiger partial charge in [-0.2, -0.15) is 10.2 Å². The van der Waals surface area contributed by atoms with Crippen molar-refractivity contribution in [3.8, 4) is 22.4 Å². The maximum Gasteiger partial charge on any atom is 0.222 e. The first-order valence-electron chi connectivity index (χ1n) is 11.5. The van der Waals surface area contributed by atoms with E-state index in [0.717, 1.165) is 39.0 Å². The number of nitrogens with zero attached hydrogens (tertiary/aromatic N) is 7. The van der Waals surface area contributed by atoms with Crippen molar-refractivity contribution in [3.05, 3.63) is 66.7 Å². The summed E-state index contributed by atoms with van der Waals surface area (Å²) >= 11 is 0. The molecule has 0 unspecified atom stereocenters. The summed E-state index contributed by atoms with van der Waals surface area (Å²) in [4.78, 5) is 25.0. The molecule has 5 rings (SSSR count). The highest BCUT2D eigenvalue weighted by molar-refractivity contribution is 5.89. The largest absolute Gasteiger partial charge is 0.323 e. The predicted molar refractivity (Wildman–Crippen MR) is 139 cm³/mol. The molecule has 36 heavy (non-hydrogen) atoms. The van der Waals surface area contributed by atoms with E-state index in [0.29, 0.717) is 23.4 Å². The van der Waals surface area contributed by atoms with Gasteiger partial charge in [-0.3, -0.25) is 14.5 Å². The Bertz CT molecular complexity index is 1560. The van der Waals surface area contributed by atoms with Crippen molar-refractivity contribution in [1.82, 2.24) is 34.9 Å². The van der Waals surface area contributed by atoms with Crippen molar-refractivity contribution < 1.29 is 4.79 Å². The molecule has 0 radical (unpaired) electrons. The molecule has 0 aliphatic rings. The van der Waals surface area contributed by atoms with Gasteiger partial charge in [-0.1, -0.05) is 13.8 Å². The van der Waals surface area contributed by atoms with Crippen molar-refractivity contribution in [2.24, 2.45) is 7.05 Å². The topological polar surface area (TPSA) is 123 Å². The molecule has 0 saturated carbocycles. The van der Waals surface area contributed by atoms with Gasteiger partial charge < -0.3 is 10.6 Å². The lowest BCUT2D eigenvalue weighted by Gasteiger charge is -2.09. The number of fused-ring (bicyclic) bond motifs is 1. The standard InChI is InChI=1S/C26H25N9O/c1-15(2)18-10-25(33-29-13-18)32-24-8-6-21-22(31-24)9-19(12-27-21)20-14-35(4)34-26(20)17-5-7-23(28-11-17)30-16(3)36/h5-15H,1-4H3,(H,28,30,36)(H,31,32,33). The highest BCUT2D eigenvalue weighted by Gasteiger charge is 2.15. The zero-order valence-electron chi connectivity index (χ0n) is 20.4. The number of pyridine rings is 3. The summed E-state index contributed by atoms with van der Waals surface area (Å²) in [6, 6.07) is 11.4. The molecular weight excluding hydrogens is 454 g/mol. The van der Waals surface area contributed by atoms with E-state index in [1.807, 2.05) is 49.8 Å². The number of carbonyl (C=O) groups excluding carboxylic acids is 1. The van der Waals surface area contributed by atoms with E-state index in [4.69, 9.17) is 4.98 Å².